The molecule has 2 rings (SSSR count). The quantitative estimate of drug-likeness (QED) is 0.816. The SMILES string of the molecule is CNS(=O)(=O)c1cc(C(=O)N2CCCC(C)(O)C2)n(C)c1. The Morgan fingerprint density at radius 3 is 2.71 bits per heavy atom. The number of aryl methyl sites for hydroxylation is 1. The zero-order chi connectivity index (χ0) is 15.8. The molecule has 0 aromatic carbocycles. The third-order valence-electron chi connectivity index (χ3n) is 3.74. The highest BCUT2D eigenvalue weighted by Gasteiger charge is 2.32. The summed E-state index contributed by atoms with van der Waals surface area (Å²) in [5.74, 6) is -0.268. The first-order valence-electron chi connectivity index (χ1n) is 6.78. The predicted molar refractivity (Wildman–Crippen MR) is 77.4 cm³/mol. The lowest BCUT2D eigenvalue weighted by molar-refractivity contribution is -0.0110. The molecule has 8 heteroatoms. The second kappa shape index (κ2) is 5.43. The fourth-order valence-electron chi connectivity index (χ4n) is 2.57. The fourth-order valence-corrected chi connectivity index (χ4v) is 3.37. The van der Waals surface area contributed by atoms with E-state index >= 15 is 0 Å². The van der Waals surface area contributed by atoms with Crippen LogP contribution in [0.5, 0.6) is 0 Å². The lowest BCUT2D eigenvalue weighted by Crippen LogP contribution is -2.48. The Hall–Kier alpha value is -1.38. The van der Waals surface area contributed by atoms with Gasteiger partial charge in [0.1, 0.15) is 10.6 Å². The fraction of sp³-hybridized carbons (Fsp3) is 0.615. The topological polar surface area (TPSA) is 91.6 Å². The van der Waals surface area contributed by atoms with Gasteiger partial charge < -0.3 is 14.6 Å². The largest absolute Gasteiger partial charge is 0.388 e. The van der Waals surface area contributed by atoms with Gasteiger partial charge >= 0.3 is 0 Å². The van der Waals surface area contributed by atoms with Gasteiger partial charge in [-0.3, -0.25) is 4.79 Å². The van der Waals surface area contributed by atoms with Crippen molar-refractivity contribution in [2.45, 2.75) is 30.3 Å². The minimum absolute atomic E-state index is 0.0552. The van der Waals surface area contributed by atoms with Gasteiger partial charge in [0.15, 0.2) is 0 Å². The number of sulfonamides is 1. The van der Waals surface area contributed by atoms with Gasteiger partial charge in [-0.1, -0.05) is 0 Å². The zero-order valence-corrected chi connectivity index (χ0v) is 13.3. The molecule has 21 heavy (non-hydrogen) atoms. The first kappa shape index (κ1) is 16.0. The van der Waals surface area contributed by atoms with Gasteiger partial charge in [0.2, 0.25) is 10.0 Å². The van der Waals surface area contributed by atoms with Gasteiger partial charge in [-0.2, -0.15) is 0 Å². The predicted octanol–water partition coefficient (Wildman–Crippen LogP) is -0.0798. The Morgan fingerprint density at radius 2 is 2.14 bits per heavy atom. The first-order valence-corrected chi connectivity index (χ1v) is 8.26. The summed E-state index contributed by atoms with van der Waals surface area (Å²) in [5.41, 5.74) is -0.597. The number of aromatic nitrogens is 1. The van der Waals surface area contributed by atoms with Crippen LogP contribution in [0.15, 0.2) is 17.2 Å². The van der Waals surface area contributed by atoms with E-state index in [9.17, 15) is 18.3 Å². The summed E-state index contributed by atoms with van der Waals surface area (Å²) < 4.78 is 27.3. The van der Waals surface area contributed by atoms with Crippen LogP contribution in [0, 0.1) is 0 Å². The lowest BCUT2D eigenvalue weighted by Gasteiger charge is -2.36. The molecular weight excluding hydrogens is 294 g/mol. The number of carbonyl (C=O) groups excluding carboxylic acids is 1. The summed E-state index contributed by atoms with van der Waals surface area (Å²) in [4.78, 5) is 14.1. The van der Waals surface area contributed by atoms with Gasteiger partial charge in [0.25, 0.3) is 5.91 Å². The smallest absolute Gasteiger partial charge is 0.270 e. The number of β-amino-alcohol motifs (C(OH)–C–C–N with tert-alkyl or cyclic N) is 1. The Balaban J connectivity index is 2.28. The molecule has 1 aromatic rings. The van der Waals surface area contributed by atoms with Gasteiger partial charge in [-0.05, 0) is 32.9 Å². The van der Waals surface area contributed by atoms with Crippen LogP contribution in [0.2, 0.25) is 0 Å². The van der Waals surface area contributed by atoms with Gasteiger partial charge in [-0.25, -0.2) is 13.1 Å². The number of piperidine rings is 1. The third-order valence-corrected chi connectivity index (χ3v) is 5.12. The summed E-state index contributed by atoms with van der Waals surface area (Å²) in [6.07, 6.45) is 2.79. The van der Waals surface area contributed by atoms with E-state index < -0.39 is 15.6 Å². The van der Waals surface area contributed by atoms with Crippen molar-refractivity contribution in [1.82, 2.24) is 14.2 Å². The minimum Gasteiger partial charge on any atom is -0.388 e. The maximum absolute atomic E-state index is 12.5. The minimum atomic E-state index is -3.58. The molecule has 1 aromatic heterocycles. The Morgan fingerprint density at radius 1 is 1.48 bits per heavy atom. The number of hydrogen-bond acceptors (Lipinski definition) is 4. The number of aliphatic hydroxyl groups is 1. The molecule has 0 radical (unpaired) electrons. The molecule has 0 aliphatic carbocycles. The molecule has 1 amide bonds. The summed E-state index contributed by atoms with van der Waals surface area (Å²) in [6, 6.07) is 1.36. The first-order chi connectivity index (χ1) is 9.66. The van der Waals surface area contributed by atoms with Crippen molar-refractivity contribution in [3.63, 3.8) is 0 Å². The van der Waals surface area contributed by atoms with Crippen molar-refractivity contribution in [2.75, 3.05) is 20.1 Å². The molecule has 0 bridgehead atoms. The van der Waals surface area contributed by atoms with Gasteiger partial charge in [0, 0.05) is 26.3 Å². The average Bonchev–Trinajstić information content (AvgIpc) is 2.79. The Bertz CT molecular complexity index is 648. The summed E-state index contributed by atoms with van der Waals surface area (Å²) in [7, 11) is -0.624. The van der Waals surface area contributed by atoms with E-state index in [1.807, 2.05) is 0 Å². The maximum atomic E-state index is 12.5. The third kappa shape index (κ3) is 3.28. The van der Waals surface area contributed by atoms with Crippen molar-refractivity contribution in [1.29, 1.82) is 0 Å². The van der Waals surface area contributed by atoms with E-state index in [0.717, 1.165) is 6.42 Å². The van der Waals surface area contributed by atoms with Crippen LogP contribution in [0.3, 0.4) is 0 Å². The van der Waals surface area contributed by atoms with Gasteiger partial charge in [0.05, 0.1) is 5.60 Å². The number of amides is 1. The highest BCUT2D eigenvalue weighted by atomic mass is 32.2. The van der Waals surface area contributed by atoms with Crippen molar-refractivity contribution in [3.05, 3.63) is 18.0 Å². The Labute approximate surface area is 124 Å². The molecule has 1 saturated heterocycles. The second-order valence-electron chi connectivity index (χ2n) is 5.71. The molecule has 1 fully saturated rings. The highest BCUT2D eigenvalue weighted by molar-refractivity contribution is 7.89. The molecule has 118 valence electrons. The molecule has 1 aliphatic heterocycles. The van der Waals surface area contributed by atoms with Crippen LogP contribution in [0.1, 0.15) is 30.3 Å². The number of nitrogens with zero attached hydrogens (tertiary/aromatic N) is 2. The number of likely N-dealkylation sites (tertiary alicyclic amines) is 1. The van der Waals surface area contributed by atoms with Gasteiger partial charge in [-0.15, -0.1) is 0 Å². The highest BCUT2D eigenvalue weighted by Crippen LogP contribution is 2.23. The zero-order valence-electron chi connectivity index (χ0n) is 12.5. The molecule has 1 aliphatic rings. The number of rotatable bonds is 3. The van der Waals surface area contributed by atoms with Crippen LogP contribution in [0.4, 0.5) is 0 Å². The van der Waals surface area contributed by atoms with Crippen LogP contribution in [-0.2, 0) is 17.1 Å². The molecule has 1 atom stereocenters. The van der Waals surface area contributed by atoms with E-state index in [-0.39, 0.29) is 17.3 Å². The van der Waals surface area contributed by atoms with Crippen LogP contribution in [-0.4, -0.2) is 54.6 Å². The van der Waals surface area contributed by atoms with E-state index in [1.54, 1.807) is 18.9 Å². The molecule has 7 nitrogen and oxygen atoms in total. The van der Waals surface area contributed by atoms with E-state index in [1.165, 1.54) is 23.9 Å². The summed E-state index contributed by atoms with van der Waals surface area (Å²) in [6.45, 7) is 2.52. The van der Waals surface area contributed by atoms with Crippen molar-refractivity contribution in [3.8, 4) is 0 Å². The van der Waals surface area contributed by atoms with E-state index in [4.69, 9.17) is 0 Å². The van der Waals surface area contributed by atoms with Crippen molar-refractivity contribution < 1.29 is 18.3 Å². The van der Waals surface area contributed by atoms with E-state index in [0.29, 0.717) is 18.7 Å². The monoisotopic (exact) mass is 315 g/mol. The normalized spacial score (nSPS) is 23.3. The maximum Gasteiger partial charge on any atom is 0.270 e. The molecular formula is C13H21N3O4S. The standard InChI is InChI=1S/C13H21N3O4S/c1-13(18)5-4-6-16(9-13)12(17)11-7-10(8-15(11)3)21(19,20)14-2/h7-8,14,18H,4-6,9H2,1-3H3. The van der Waals surface area contributed by atoms with Crippen molar-refractivity contribution >= 4 is 15.9 Å². The van der Waals surface area contributed by atoms with E-state index in [2.05, 4.69) is 4.72 Å². The summed E-state index contributed by atoms with van der Waals surface area (Å²) in [5, 5.41) is 10.1. The molecule has 2 heterocycles. The average molecular weight is 315 g/mol. The number of hydrogen-bond donors (Lipinski definition) is 2. The lowest BCUT2D eigenvalue weighted by atomic mass is 9.95. The Kier molecular flexibility index (Phi) is 4.14. The number of nitrogens with one attached hydrogen (secondary N) is 1. The second-order valence-corrected chi connectivity index (χ2v) is 7.59. The summed E-state index contributed by atoms with van der Waals surface area (Å²) >= 11 is 0. The molecule has 0 saturated carbocycles. The van der Waals surface area contributed by atoms with Crippen molar-refractivity contribution in [2.24, 2.45) is 7.05 Å². The molecule has 2 N–H and O–H groups in total. The van der Waals surface area contributed by atoms with Crippen LogP contribution in [0.25, 0.3) is 0 Å². The molecule has 0 spiro atoms. The molecule has 1 unspecified atom stereocenters. The van der Waals surface area contributed by atoms with Crippen LogP contribution >= 0.6 is 0 Å². The van der Waals surface area contributed by atoms with Crippen LogP contribution < -0.4 is 4.72 Å². The number of carbonyl (C=O) groups is 1.